The summed E-state index contributed by atoms with van der Waals surface area (Å²) >= 11 is 0. The molecule has 0 saturated carbocycles. The van der Waals surface area contributed by atoms with Gasteiger partial charge >= 0.3 is 40.8 Å². The van der Waals surface area contributed by atoms with Crippen molar-refractivity contribution in [3.8, 4) is 0 Å². The van der Waals surface area contributed by atoms with E-state index in [1.165, 1.54) is 0 Å². The monoisotopic (exact) mass is 555 g/mol. The van der Waals surface area contributed by atoms with Gasteiger partial charge in [0.15, 0.2) is 0 Å². The van der Waals surface area contributed by atoms with E-state index in [0.29, 0.717) is 13.0 Å². The van der Waals surface area contributed by atoms with Gasteiger partial charge in [0, 0.05) is 6.16 Å². The molecule has 1 unspecified atom stereocenters. The molecule has 9 heteroatoms. The van der Waals surface area contributed by atoms with Crippen molar-refractivity contribution in [2.75, 3.05) is 18.9 Å². The molecule has 27 heavy (non-hydrogen) atoms. The van der Waals surface area contributed by atoms with Crippen LogP contribution in [0, 0.1) is 40.8 Å². The van der Waals surface area contributed by atoms with Crippen LogP contribution in [0.3, 0.4) is 0 Å². The molecule has 0 spiro atoms. The minimum atomic E-state index is -4.21. The van der Waals surface area contributed by atoms with Gasteiger partial charge in [-0.25, -0.2) is 0 Å². The second-order valence-corrected chi connectivity index (χ2v) is 10.3. The Hall–Kier alpha value is 1.65. The van der Waals surface area contributed by atoms with Crippen LogP contribution in [0.15, 0.2) is 0 Å². The molecular weight excluding hydrogens is 518 g/mol. The van der Waals surface area contributed by atoms with E-state index in [1.807, 2.05) is 6.92 Å². The van der Waals surface area contributed by atoms with Crippen LogP contribution < -0.4 is 14.7 Å². The van der Waals surface area contributed by atoms with Gasteiger partial charge in [0.05, 0.1) is 6.61 Å². The fourth-order valence-electron chi connectivity index (χ4n) is 2.26. The van der Waals surface area contributed by atoms with E-state index in [4.69, 9.17) is 4.52 Å². The Bertz CT molecular complexity index is 390. The number of unbranched alkanes of at least 4 members (excludes halogenated alkanes) is 9. The first-order valence-corrected chi connectivity index (χ1v) is 13.6. The maximum absolute atomic E-state index is 11.4. The molecule has 0 saturated heterocycles. The van der Waals surface area contributed by atoms with Crippen molar-refractivity contribution in [2.45, 2.75) is 97.8 Å². The topological polar surface area (TPSA) is 113 Å². The molecule has 0 aliphatic heterocycles. The zero-order valence-electron chi connectivity index (χ0n) is 17.5. The number of hydrogen-bond donors (Lipinski definition) is 0. The zero-order chi connectivity index (χ0) is 20.3. The summed E-state index contributed by atoms with van der Waals surface area (Å²) < 4.78 is 26.5. The van der Waals surface area contributed by atoms with E-state index in [-0.39, 0.29) is 53.2 Å². The van der Waals surface area contributed by atoms with Gasteiger partial charge in [0.1, 0.15) is 7.60 Å². The first-order chi connectivity index (χ1) is 12.2. The Morgan fingerprint density at radius 2 is 1.04 bits per heavy atom. The number of hydrogen-bond acceptors (Lipinski definition) is 6. The van der Waals surface area contributed by atoms with E-state index >= 15 is 0 Å². The summed E-state index contributed by atoms with van der Waals surface area (Å²) in [6.07, 6.45) is 11.7. The molecule has 161 valence electrons. The van der Waals surface area contributed by atoms with E-state index in [2.05, 4.69) is 13.8 Å². The fourth-order valence-corrected chi connectivity index (χ4v) is 4.02. The molecule has 0 aromatic heterocycles. The smallest absolute Gasteiger partial charge is 0.811 e. The quantitative estimate of drug-likeness (QED) is 0.208. The average molecular weight is 558 g/mol. The van der Waals surface area contributed by atoms with Gasteiger partial charge in [-0.05, 0) is 25.4 Å². The molecule has 0 N–H and O–H groups in total. The third-order valence-corrected chi connectivity index (χ3v) is 6.16. The van der Waals surface area contributed by atoms with E-state index in [9.17, 15) is 23.8 Å². The van der Waals surface area contributed by atoms with Crippen molar-refractivity contribution >= 4 is 15.2 Å². The Kier molecular flexibility index (Phi) is 27.5. The fraction of sp³-hybridized carbons (Fsp3) is 1.00. The summed E-state index contributed by atoms with van der Waals surface area (Å²) in [6.45, 7) is 6.65. The molecule has 0 aromatic carbocycles. The van der Waals surface area contributed by atoms with Crippen LogP contribution in [0.25, 0.3) is 0 Å². The first kappa shape index (κ1) is 33.3. The Balaban J connectivity index is -0.000000454. The van der Waals surface area contributed by atoms with Gasteiger partial charge in [-0.3, -0.25) is 0 Å². The minimum Gasteiger partial charge on any atom is -0.811 e. The predicted molar refractivity (Wildman–Crippen MR) is 103 cm³/mol. The van der Waals surface area contributed by atoms with Crippen LogP contribution in [0.1, 0.15) is 97.8 Å². The average Bonchev–Trinajstić information content (AvgIpc) is 2.55. The van der Waals surface area contributed by atoms with Gasteiger partial charge in [0.25, 0.3) is 0 Å². The molecule has 0 heterocycles. The maximum atomic E-state index is 11.4. The van der Waals surface area contributed by atoms with Crippen LogP contribution in [0.4, 0.5) is 0 Å². The van der Waals surface area contributed by atoms with Crippen LogP contribution in [0.2, 0.25) is 0 Å². The Morgan fingerprint density at radius 3 is 1.44 bits per heavy atom. The van der Waals surface area contributed by atoms with Crippen LogP contribution in [-0.4, -0.2) is 18.9 Å². The normalized spacial score (nSPS) is 13.3. The van der Waals surface area contributed by atoms with Gasteiger partial charge < -0.3 is 28.3 Å². The molecule has 0 rings (SSSR count). The summed E-state index contributed by atoms with van der Waals surface area (Å²) in [4.78, 5) is 31.6. The van der Waals surface area contributed by atoms with Gasteiger partial charge in [-0.1, -0.05) is 86.2 Å². The Labute approximate surface area is 199 Å². The van der Waals surface area contributed by atoms with Gasteiger partial charge in [-0.15, -0.1) is 0 Å². The first-order valence-electron chi connectivity index (χ1n) is 10.1. The van der Waals surface area contributed by atoms with Crippen molar-refractivity contribution in [2.24, 2.45) is 0 Å². The van der Waals surface area contributed by atoms with Crippen molar-refractivity contribution in [3.63, 3.8) is 0 Å². The van der Waals surface area contributed by atoms with Crippen LogP contribution in [0.5, 0.6) is 0 Å². The van der Waals surface area contributed by atoms with Crippen molar-refractivity contribution in [3.05, 3.63) is 0 Å². The predicted octanol–water partition coefficient (Wildman–Crippen LogP) is 4.20. The molecule has 0 aliphatic rings. The molecular formula is C18H39NdO6P2. The summed E-state index contributed by atoms with van der Waals surface area (Å²) in [6, 6.07) is 0. The van der Waals surface area contributed by atoms with Gasteiger partial charge in [-0.2, -0.15) is 0 Å². The molecule has 0 aliphatic carbocycles. The third-order valence-electron chi connectivity index (χ3n) is 3.86. The zero-order valence-corrected chi connectivity index (χ0v) is 22.4. The van der Waals surface area contributed by atoms with Gasteiger partial charge in [0.2, 0.25) is 0 Å². The standard InChI is InChI=1S/C12H27O3P.C6H15O3P.Nd/c1-3-5-7-9-11-15-16(13,14)12-10-8-6-4-2;1-2-3-4-5-6-10(7,8)9;/h3-12H2,1-2H3,(H,13,14);2-6H2,1H3,(H2,7,8,9);/q;;+3/p-3. The second-order valence-electron chi connectivity index (χ2n) is 6.68. The molecule has 0 amide bonds. The molecule has 0 bridgehead atoms. The summed E-state index contributed by atoms with van der Waals surface area (Å²) in [5.41, 5.74) is 0. The molecule has 0 aromatic rings. The van der Waals surface area contributed by atoms with Crippen molar-refractivity contribution in [1.29, 1.82) is 0 Å². The largest absolute Gasteiger partial charge is 3.00 e. The SMILES string of the molecule is CCCCCCOP(=O)([O-])CCCCCC.CCCCCCP(=O)([O-])[O-].[Nd+3]. The van der Waals surface area contributed by atoms with Crippen molar-refractivity contribution < 1.29 is 69.2 Å². The molecule has 6 nitrogen and oxygen atoms in total. The van der Waals surface area contributed by atoms with E-state index in [0.717, 1.165) is 70.6 Å². The Morgan fingerprint density at radius 1 is 0.630 bits per heavy atom. The molecule has 1 atom stereocenters. The van der Waals surface area contributed by atoms with Crippen molar-refractivity contribution in [1.82, 2.24) is 0 Å². The second kappa shape index (κ2) is 22.3. The van der Waals surface area contributed by atoms with E-state index in [1.54, 1.807) is 0 Å². The number of rotatable bonds is 16. The third kappa shape index (κ3) is 32.5. The van der Waals surface area contributed by atoms with Crippen LogP contribution >= 0.6 is 15.2 Å². The maximum Gasteiger partial charge on any atom is 3.00 e. The molecule has 0 fully saturated rings. The van der Waals surface area contributed by atoms with Crippen LogP contribution in [-0.2, 0) is 13.7 Å². The summed E-state index contributed by atoms with van der Waals surface area (Å²) in [5.74, 6) is 0. The summed E-state index contributed by atoms with van der Waals surface area (Å²) in [7, 11) is -7.74. The van der Waals surface area contributed by atoms with E-state index < -0.39 is 15.2 Å². The minimum absolute atomic E-state index is 0. The summed E-state index contributed by atoms with van der Waals surface area (Å²) in [5, 5.41) is 0. The molecule has 1 radical (unpaired) electrons.